The number of nitrogens with zero attached hydrogens (tertiary/aromatic N) is 3. The van der Waals surface area contributed by atoms with E-state index >= 15 is 0 Å². The molecule has 1 N–H and O–H groups in total. The van der Waals surface area contributed by atoms with E-state index in [1.54, 1.807) is 23.1 Å². The Bertz CT molecular complexity index is 1200. The fourth-order valence-electron chi connectivity index (χ4n) is 3.09. The maximum absolute atomic E-state index is 12.5. The average molecular weight is 451 g/mol. The number of amides is 1. The molecule has 0 fully saturated rings. The van der Waals surface area contributed by atoms with Crippen LogP contribution in [-0.2, 0) is 13.2 Å². The van der Waals surface area contributed by atoms with Crippen LogP contribution in [0.15, 0.2) is 71.4 Å². The third-order valence-electron chi connectivity index (χ3n) is 4.81. The number of hydrogen-bond acceptors (Lipinski definition) is 5. The fraction of sp³-hybridized carbons (Fsp3) is 0.208. The number of rotatable bonds is 8. The molecule has 4 aromatic rings. The third kappa shape index (κ3) is 5.56. The lowest BCUT2D eigenvalue weighted by atomic mass is 10.0. The number of carbonyl (C=O) groups excluding carboxylic acids is 1. The monoisotopic (exact) mass is 450 g/mol. The third-order valence-corrected chi connectivity index (χ3v) is 5.04. The van der Waals surface area contributed by atoms with E-state index in [1.165, 1.54) is 5.56 Å². The van der Waals surface area contributed by atoms with E-state index in [9.17, 15) is 4.79 Å². The normalized spacial score (nSPS) is 11.0. The Hall–Kier alpha value is -3.58. The molecule has 0 spiro atoms. The predicted octanol–water partition coefficient (Wildman–Crippen LogP) is 5.53. The number of anilines is 1. The molecule has 7 nitrogen and oxygen atoms in total. The first-order chi connectivity index (χ1) is 15.5. The summed E-state index contributed by atoms with van der Waals surface area (Å²) in [6.07, 6.45) is 1.54. The van der Waals surface area contributed by atoms with E-state index in [4.69, 9.17) is 20.8 Å². The lowest BCUT2D eigenvalue weighted by molar-refractivity contribution is 0.0991. The predicted molar refractivity (Wildman–Crippen MR) is 122 cm³/mol. The van der Waals surface area contributed by atoms with Crippen molar-refractivity contribution in [2.75, 3.05) is 5.32 Å². The van der Waals surface area contributed by atoms with E-state index in [1.807, 2.05) is 48.5 Å². The SMILES string of the molecule is CC(C)c1ccc(OCc2ccc(C(=O)Nc3ncn(Cc4cccc(Cl)c4)n3)o2)cc1. The highest BCUT2D eigenvalue weighted by molar-refractivity contribution is 6.30. The molecule has 0 atom stereocenters. The van der Waals surface area contributed by atoms with Crippen LogP contribution >= 0.6 is 11.6 Å². The zero-order valence-corrected chi connectivity index (χ0v) is 18.5. The summed E-state index contributed by atoms with van der Waals surface area (Å²) in [5.74, 6) is 1.67. The highest BCUT2D eigenvalue weighted by Gasteiger charge is 2.14. The minimum Gasteiger partial charge on any atom is -0.486 e. The zero-order chi connectivity index (χ0) is 22.5. The first-order valence-electron chi connectivity index (χ1n) is 10.2. The molecule has 0 aliphatic heterocycles. The maximum Gasteiger partial charge on any atom is 0.293 e. The van der Waals surface area contributed by atoms with Crippen LogP contribution in [0.2, 0.25) is 5.02 Å². The van der Waals surface area contributed by atoms with Crippen LogP contribution in [0, 0.1) is 0 Å². The second kappa shape index (κ2) is 9.70. The molecule has 2 aromatic carbocycles. The summed E-state index contributed by atoms with van der Waals surface area (Å²) in [4.78, 5) is 16.6. The molecule has 2 heterocycles. The number of halogens is 1. The fourth-order valence-corrected chi connectivity index (χ4v) is 3.31. The lowest BCUT2D eigenvalue weighted by Crippen LogP contribution is -2.12. The molecule has 0 aliphatic carbocycles. The molecule has 32 heavy (non-hydrogen) atoms. The lowest BCUT2D eigenvalue weighted by Gasteiger charge is -2.07. The van der Waals surface area contributed by atoms with Gasteiger partial charge in [-0.3, -0.25) is 10.1 Å². The summed E-state index contributed by atoms with van der Waals surface area (Å²) in [5.41, 5.74) is 2.23. The van der Waals surface area contributed by atoms with Gasteiger partial charge in [-0.1, -0.05) is 49.7 Å². The standard InChI is InChI=1S/C24H23ClN4O3/c1-16(2)18-6-8-20(9-7-18)31-14-21-10-11-22(32-21)23(30)27-24-26-15-29(28-24)13-17-4-3-5-19(25)12-17/h3-12,15-16H,13-14H2,1-2H3,(H,27,28,30). The van der Waals surface area contributed by atoms with Gasteiger partial charge in [-0.25, -0.2) is 9.67 Å². The first-order valence-corrected chi connectivity index (χ1v) is 10.6. The number of furan rings is 1. The molecule has 0 unspecified atom stereocenters. The van der Waals surface area contributed by atoms with Crippen molar-refractivity contribution >= 4 is 23.5 Å². The molecule has 0 aliphatic rings. The Balaban J connectivity index is 1.31. The van der Waals surface area contributed by atoms with Crippen molar-refractivity contribution in [2.45, 2.75) is 32.9 Å². The zero-order valence-electron chi connectivity index (χ0n) is 17.8. The van der Waals surface area contributed by atoms with Gasteiger partial charge in [0.25, 0.3) is 5.91 Å². The van der Waals surface area contributed by atoms with Crippen molar-refractivity contribution in [1.82, 2.24) is 14.8 Å². The van der Waals surface area contributed by atoms with Crippen LogP contribution in [-0.4, -0.2) is 20.7 Å². The number of ether oxygens (including phenoxy) is 1. The Kier molecular flexibility index (Phi) is 6.56. The van der Waals surface area contributed by atoms with E-state index < -0.39 is 5.91 Å². The van der Waals surface area contributed by atoms with Crippen molar-refractivity contribution in [3.05, 3.63) is 94.7 Å². The maximum atomic E-state index is 12.5. The molecule has 0 radical (unpaired) electrons. The van der Waals surface area contributed by atoms with E-state index in [0.717, 1.165) is 11.3 Å². The number of aromatic nitrogens is 3. The quantitative estimate of drug-likeness (QED) is 0.381. The van der Waals surface area contributed by atoms with Gasteiger partial charge in [-0.2, -0.15) is 0 Å². The van der Waals surface area contributed by atoms with Gasteiger partial charge in [0.2, 0.25) is 5.95 Å². The van der Waals surface area contributed by atoms with Gasteiger partial charge in [0.1, 0.15) is 24.4 Å². The van der Waals surface area contributed by atoms with Crippen LogP contribution in [0.1, 0.15) is 47.2 Å². The molecule has 0 bridgehead atoms. The van der Waals surface area contributed by atoms with Gasteiger partial charge in [-0.15, -0.1) is 5.10 Å². The summed E-state index contributed by atoms with van der Waals surface area (Å²) >= 11 is 6.01. The summed E-state index contributed by atoms with van der Waals surface area (Å²) in [7, 11) is 0. The van der Waals surface area contributed by atoms with Crippen LogP contribution < -0.4 is 10.1 Å². The summed E-state index contributed by atoms with van der Waals surface area (Å²) < 4.78 is 13.0. The van der Waals surface area contributed by atoms with Crippen LogP contribution in [0.4, 0.5) is 5.95 Å². The van der Waals surface area contributed by atoms with E-state index in [-0.39, 0.29) is 18.3 Å². The summed E-state index contributed by atoms with van der Waals surface area (Å²) in [5, 5.41) is 7.56. The number of hydrogen-bond donors (Lipinski definition) is 1. The van der Waals surface area contributed by atoms with E-state index in [2.05, 4.69) is 29.2 Å². The van der Waals surface area contributed by atoms with Gasteiger partial charge in [0, 0.05) is 5.02 Å². The molecule has 1 amide bonds. The summed E-state index contributed by atoms with van der Waals surface area (Å²) in [6.45, 7) is 5.00. The second-order valence-corrected chi connectivity index (χ2v) is 8.06. The van der Waals surface area contributed by atoms with Gasteiger partial charge in [0.05, 0.1) is 6.54 Å². The van der Waals surface area contributed by atoms with Crippen molar-refractivity contribution < 1.29 is 13.9 Å². The Labute approximate surface area is 191 Å². The highest BCUT2D eigenvalue weighted by Crippen LogP contribution is 2.20. The van der Waals surface area contributed by atoms with Crippen molar-refractivity contribution in [1.29, 1.82) is 0 Å². The minimum atomic E-state index is -0.432. The van der Waals surface area contributed by atoms with Gasteiger partial charge < -0.3 is 9.15 Å². The Morgan fingerprint density at radius 2 is 1.97 bits per heavy atom. The largest absolute Gasteiger partial charge is 0.486 e. The molecule has 0 saturated carbocycles. The highest BCUT2D eigenvalue weighted by atomic mass is 35.5. The summed E-state index contributed by atoms with van der Waals surface area (Å²) in [6, 6.07) is 18.7. The first kappa shape index (κ1) is 21.6. The van der Waals surface area contributed by atoms with Crippen LogP contribution in [0.3, 0.4) is 0 Å². The van der Waals surface area contributed by atoms with Gasteiger partial charge in [-0.05, 0) is 53.4 Å². The topological polar surface area (TPSA) is 82.2 Å². The molecule has 2 aromatic heterocycles. The second-order valence-electron chi connectivity index (χ2n) is 7.63. The number of nitrogens with one attached hydrogen (secondary N) is 1. The molecule has 8 heteroatoms. The molecule has 0 saturated heterocycles. The smallest absolute Gasteiger partial charge is 0.293 e. The van der Waals surface area contributed by atoms with E-state index in [0.29, 0.717) is 23.2 Å². The molecular formula is C24H23ClN4O3. The average Bonchev–Trinajstić information content (AvgIpc) is 3.42. The van der Waals surface area contributed by atoms with Crippen molar-refractivity contribution in [3.8, 4) is 5.75 Å². The van der Waals surface area contributed by atoms with Gasteiger partial charge in [0.15, 0.2) is 5.76 Å². The van der Waals surface area contributed by atoms with Crippen LogP contribution in [0.5, 0.6) is 5.75 Å². The Morgan fingerprint density at radius 1 is 1.16 bits per heavy atom. The Morgan fingerprint density at radius 3 is 2.72 bits per heavy atom. The molecule has 164 valence electrons. The minimum absolute atomic E-state index is 0.157. The van der Waals surface area contributed by atoms with Gasteiger partial charge >= 0.3 is 0 Å². The molecule has 4 rings (SSSR count). The van der Waals surface area contributed by atoms with Crippen LogP contribution in [0.25, 0.3) is 0 Å². The number of benzene rings is 2. The van der Waals surface area contributed by atoms with Crippen molar-refractivity contribution in [2.24, 2.45) is 0 Å². The number of carbonyl (C=O) groups is 1. The van der Waals surface area contributed by atoms with Crippen molar-refractivity contribution in [3.63, 3.8) is 0 Å². The molecular weight excluding hydrogens is 428 g/mol.